The van der Waals surface area contributed by atoms with E-state index < -0.39 is 0 Å². The minimum absolute atomic E-state index is 0.225. The zero-order valence-corrected chi connectivity index (χ0v) is 10.7. The molecule has 2 aromatic heterocycles. The SMILES string of the molecule is N#Cc1ccc2[nH]c3c(c2c1)C(=O)c1cnccc1C3=O. The summed E-state index contributed by atoms with van der Waals surface area (Å²) in [5.41, 5.74) is 2.38. The van der Waals surface area contributed by atoms with E-state index in [0.29, 0.717) is 33.2 Å². The van der Waals surface area contributed by atoms with Crippen molar-refractivity contribution in [3.05, 3.63) is 64.6 Å². The molecule has 5 nitrogen and oxygen atoms in total. The fraction of sp³-hybridized carbons (Fsp3) is 0. The second kappa shape index (κ2) is 3.87. The Morgan fingerprint density at radius 1 is 1.10 bits per heavy atom. The smallest absolute Gasteiger partial charge is 0.210 e. The van der Waals surface area contributed by atoms with Gasteiger partial charge in [-0.05, 0) is 24.3 Å². The quantitative estimate of drug-likeness (QED) is 0.532. The van der Waals surface area contributed by atoms with Crippen LogP contribution in [0.1, 0.15) is 37.5 Å². The predicted molar refractivity (Wildman–Crippen MR) is 74.1 cm³/mol. The minimum Gasteiger partial charge on any atom is -0.351 e. The molecular weight excluding hydrogens is 266 g/mol. The van der Waals surface area contributed by atoms with E-state index in [1.165, 1.54) is 12.4 Å². The van der Waals surface area contributed by atoms with E-state index in [4.69, 9.17) is 5.26 Å². The molecule has 21 heavy (non-hydrogen) atoms. The van der Waals surface area contributed by atoms with E-state index in [1.807, 2.05) is 6.07 Å². The Hall–Kier alpha value is -3.26. The van der Waals surface area contributed by atoms with E-state index in [9.17, 15) is 9.59 Å². The first-order valence-electron chi connectivity index (χ1n) is 6.30. The van der Waals surface area contributed by atoms with Crippen LogP contribution in [0.25, 0.3) is 10.9 Å². The third kappa shape index (κ3) is 1.41. The average Bonchev–Trinajstić information content (AvgIpc) is 2.91. The number of carbonyl (C=O) groups is 2. The number of nitriles is 1. The molecule has 0 unspecified atom stereocenters. The van der Waals surface area contributed by atoms with Gasteiger partial charge < -0.3 is 4.98 Å². The lowest BCUT2D eigenvalue weighted by Crippen LogP contribution is -2.20. The van der Waals surface area contributed by atoms with Gasteiger partial charge in [0.1, 0.15) is 0 Å². The van der Waals surface area contributed by atoms with Crippen LogP contribution >= 0.6 is 0 Å². The summed E-state index contributed by atoms with van der Waals surface area (Å²) >= 11 is 0. The van der Waals surface area contributed by atoms with Crippen LogP contribution in [0, 0.1) is 11.3 Å². The fourth-order valence-electron chi connectivity index (χ4n) is 2.71. The molecule has 1 aliphatic rings. The van der Waals surface area contributed by atoms with Crippen molar-refractivity contribution in [3.63, 3.8) is 0 Å². The number of aromatic amines is 1. The number of benzene rings is 1. The highest BCUT2D eigenvalue weighted by atomic mass is 16.1. The number of aromatic nitrogens is 2. The van der Waals surface area contributed by atoms with Crippen LogP contribution in [-0.4, -0.2) is 21.5 Å². The Balaban J connectivity index is 2.10. The Kier molecular flexibility index (Phi) is 2.13. The van der Waals surface area contributed by atoms with Gasteiger partial charge in [0.15, 0.2) is 5.78 Å². The molecule has 0 bridgehead atoms. The number of hydrogen-bond donors (Lipinski definition) is 1. The zero-order chi connectivity index (χ0) is 14.6. The third-order valence-electron chi connectivity index (χ3n) is 3.69. The number of carbonyl (C=O) groups excluding carboxylic acids is 2. The number of pyridine rings is 1. The van der Waals surface area contributed by atoms with Crippen molar-refractivity contribution in [3.8, 4) is 6.07 Å². The van der Waals surface area contributed by atoms with E-state index in [-0.39, 0.29) is 17.3 Å². The highest BCUT2D eigenvalue weighted by Crippen LogP contribution is 2.32. The standard InChI is InChI=1S/C16H7N3O2/c17-6-8-1-2-12-10(5-8)13-14(19-12)16(21)9-3-4-18-7-11(9)15(13)20/h1-5,7,19H. The lowest BCUT2D eigenvalue weighted by atomic mass is 9.88. The van der Waals surface area contributed by atoms with E-state index in [1.54, 1.807) is 24.3 Å². The van der Waals surface area contributed by atoms with Crippen LogP contribution in [0.2, 0.25) is 0 Å². The summed E-state index contributed by atoms with van der Waals surface area (Å²) in [6, 6.07) is 8.56. The molecule has 0 fully saturated rings. The summed E-state index contributed by atoms with van der Waals surface area (Å²) in [6.07, 6.45) is 2.90. The Morgan fingerprint density at radius 3 is 2.76 bits per heavy atom. The normalized spacial score (nSPS) is 12.9. The van der Waals surface area contributed by atoms with Crippen LogP contribution < -0.4 is 0 Å². The van der Waals surface area contributed by atoms with Crippen LogP contribution in [0.15, 0.2) is 36.7 Å². The molecule has 1 aromatic carbocycles. The number of nitrogens with one attached hydrogen (secondary N) is 1. The number of nitrogens with zero attached hydrogens (tertiary/aromatic N) is 2. The van der Waals surface area contributed by atoms with Gasteiger partial charge >= 0.3 is 0 Å². The molecule has 4 rings (SSSR count). The number of hydrogen-bond acceptors (Lipinski definition) is 4. The molecule has 98 valence electrons. The minimum atomic E-state index is -0.242. The van der Waals surface area contributed by atoms with Gasteiger partial charge in [0.25, 0.3) is 0 Å². The highest BCUT2D eigenvalue weighted by molar-refractivity contribution is 6.31. The summed E-state index contributed by atoms with van der Waals surface area (Å²) in [7, 11) is 0. The van der Waals surface area contributed by atoms with Crippen molar-refractivity contribution in [2.75, 3.05) is 0 Å². The molecule has 0 radical (unpaired) electrons. The van der Waals surface area contributed by atoms with Crippen LogP contribution in [0.5, 0.6) is 0 Å². The predicted octanol–water partition coefficient (Wildman–Crippen LogP) is 2.21. The van der Waals surface area contributed by atoms with Crippen molar-refractivity contribution < 1.29 is 9.59 Å². The maximum Gasteiger partial charge on any atom is 0.210 e. The third-order valence-corrected chi connectivity index (χ3v) is 3.69. The van der Waals surface area contributed by atoms with Gasteiger partial charge in [-0.15, -0.1) is 0 Å². The first-order valence-corrected chi connectivity index (χ1v) is 6.30. The molecule has 2 heterocycles. The van der Waals surface area contributed by atoms with E-state index in [2.05, 4.69) is 9.97 Å². The summed E-state index contributed by atoms with van der Waals surface area (Å²) in [4.78, 5) is 32.0. The molecule has 0 atom stereocenters. The first kappa shape index (κ1) is 11.6. The summed E-state index contributed by atoms with van der Waals surface area (Å²) in [5.74, 6) is -0.467. The van der Waals surface area contributed by atoms with Gasteiger partial charge in [0.2, 0.25) is 5.78 Å². The fourth-order valence-corrected chi connectivity index (χ4v) is 2.71. The molecule has 0 spiro atoms. The van der Waals surface area contributed by atoms with E-state index >= 15 is 0 Å². The maximum atomic E-state index is 12.6. The summed E-state index contributed by atoms with van der Waals surface area (Å²) in [6.45, 7) is 0. The molecule has 0 saturated heterocycles. The molecule has 5 heteroatoms. The van der Waals surface area contributed by atoms with Crippen molar-refractivity contribution in [2.24, 2.45) is 0 Å². The van der Waals surface area contributed by atoms with Crippen LogP contribution in [0.3, 0.4) is 0 Å². The monoisotopic (exact) mass is 273 g/mol. The largest absolute Gasteiger partial charge is 0.351 e. The van der Waals surface area contributed by atoms with Gasteiger partial charge in [-0.3, -0.25) is 14.6 Å². The summed E-state index contributed by atoms with van der Waals surface area (Å²) in [5, 5.41) is 9.59. The molecule has 0 amide bonds. The van der Waals surface area contributed by atoms with Gasteiger partial charge in [-0.1, -0.05) is 0 Å². The van der Waals surface area contributed by atoms with Gasteiger partial charge in [-0.25, -0.2) is 0 Å². The van der Waals surface area contributed by atoms with Crippen molar-refractivity contribution in [1.82, 2.24) is 9.97 Å². The molecule has 1 aliphatic carbocycles. The maximum absolute atomic E-state index is 12.6. The Bertz CT molecular complexity index is 992. The molecule has 3 aromatic rings. The zero-order valence-electron chi connectivity index (χ0n) is 10.7. The Labute approximate surface area is 118 Å². The molecule has 1 N–H and O–H groups in total. The van der Waals surface area contributed by atoms with Gasteiger partial charge in [0.05, 0.1) is 28.5 Å². The molecule has 0 aliphatic heterocycles. The van der Waals surface area contributed by atoms with Crippen molar-refractivity contribution >= 4 is 22.5 Å². The molecule has 0 saturated carbocycles. The number of fused-ring (bicyclic) bond motifs is 4. The lowest BCUT2D eigenvalue weighted by molar-refractivity contribution is 0.0977. The first-order chi connectivity index (χ1) is 10.2. The second-order valence-electron chi connectivity index (χ2n) is 4.83. The number of H-pyrrole nitrogens is 1. The number of rotatable bonds is 0. The Morgan fingerprint density at radius 2 is 1.95 bits per heavy atom. The average molecular weight is 273 g/mol. The van der Waals surface area contributed by atoms with Crippen molar-refractivity contribution in [2.45, 2.75) is 0 Å². The van der Waals surface area contributed by atoms with Crippen molar-refractivity contribution in [1.29, 1.82) is 5.26 Å². The second-order valence-corrected chi connectivity index (χ2v) is 4.83. The van der Waals surface area contributed by atoms with Gasteiger partial charge in [-0.2, -0.15) is 5.26 Å². The lowest BCUT2D eigenvalue weighted by Gasteiger charge is -2.13. The van der Waals surface area contributed by atoms with E-state index in [0.717, 1.165) is 0 Å². The molecular formula is C16H7N3O2. The summed E-state index contributed by atoms with van der Waals surface area (Å²) < 4.78 is 0. The highest BCUT2D eigenvalue weighted by Gasteiger charge is 2.33. The topological polar surface area (TPSA) is 86.6 Å². The van der Waals surface area contributed by atoms with Crippen LogP contribution in [-0.2, 0) is 0 Å². The van der Waals surface area contributed by atoms with Gasteiger partial charge in [0, 0.05) is 28.9 Å². The van der Waals surface area contributed by atoms with Crippen LogP contribution in [0.4, 0.5) is 0 Å². The number of ketones is 2.